The first-order chi connectivity index (χ1) is 14.0. The van der Waals surface area contributed by atoms with Gasteiger partial charge in [-0.25, -0.2) is 0 Å². The van der Waals surface area contributed by atoms with Crippen LogP contribution >= 0.6 is 0 Å². The second-order valence-electron chi connectivity index (χ2n) is 7.51. The van der Waals surface area contributed by atoms with Crippen LogP contribution in [0.2, 0.25) is 0 Å². The van der Waals surface area contributed by atoms with E-state index in [1.54, 1.807) is 7.11 Å². The van der Waals surface area contributed by atoms with Gasteiger partial charge in [-0.05, 0) is 39.4 Å². The van der Waals surface area contributed by atoms with E-state index >= 15 is 0 Å². The maximum atomic E-state index is 5.69. The number of rotatable bonds is 5. The zero-order valence-corrected chi connectivity index (χ0v) is 17.6. The lowest BCUT2D eigenvalue weighted by Gasteiger charge is -2.32. The molecule has 0 amide bonds. The molecule has 8 nitrogen and oxygen atoms in total. The summed E-state index contributed by atoms with van der Waals surface area (Å²) in [7, 11) is 3.78. The lowest BCUT2D eigenvalue weighted by Crippen LogP contribution is -2.37. The Morgan fingerprint density at radius 1 is 1.24 bits per heavy atom. The molecule has 1 saturated heterocycles. The summed E-state index contributed by atoms with van der Waals surface area (Å²) in [4.78, 5) is 6.88. The lowest BCUT2D eigenvalue weighted by atomic mass is 10.0. The average Bonchev–Trinajstić information content (AvgIpc) is 3.28. The Bertz CT molecular complexity index is 1010. The molecule has 0 saturated carbocycles. The lowest BCUT2D eigenvalue weighted by molar-refractivity contribution is 0.00457. The third-order valence-electron chi connectivity index (χ3n) is 5.59. The average molecular weight is 397 g/mol. The molecule has 1 aliphatic heterocycles. The minimum absolute atomic E-state index is 0.218. The maximum absolute atomic E-state index is 5.69. The minimum atomic E-state index is 0.218. The van der Waals surface area contributed by atoms with Gasteiger partial charge in [-0.15, -0.1) is 0 Å². The number of benzene rings is 1. The van der Waals surface area contributed by atoms with Gasteiger partial charge in [0.05, 0.1) is 32.1 Å². The molecule has 1 aliphatic rings. The number of morpholine rings is 1. The van der Waals surface area contributed by atoms with Crippen LogP contribution in [0.25, 0.3) is 11.4 Å². The summed E-state index contributed by atoms with van der Waals surface area (Å²) < 4.78 is 18.5. The number of nitrogens with zero attached hydrogens (tertiary/aromatic N) is 5. The molecule has 1 aromatic carbocycles. The van der Waals surface area contributed by atoms with Gasteiger partial charge in [-0.2, -0.15) is 10.1 Å². The molecule has 0 N–H and O–H groups in total. The molecule has 154 valence electrons. The van der Waals surface area contributed by atoms with E-state index in [4.69, 9.17) is 19.1 Å². The summed E-state index contributed by atoms with van der Waals surface area (Å²) in [5, 5.41) is 8.86. The van der Waals surface area contributed by atoms with Crippen LogP contribution in [0.1, 0.15) is 34.4 Å². The standard InChI is InChI=1S/C21H27N5O3/c1-13-6-7-16(10-18(13)27-5)21-22-19(29-24-21)11-26-15(3)20(14(2)23-26)17-12-28-9-8-25(17)4/h6-7,10,17H,8-9,11-12H2,1-5H3. The van der Waals surface area contributed by atoms with E-state index in [1.807, 2.05) is 36.7 Å². The molecular formula is C21H27N5O3. The summed E-state index contributed by atoms with van der Waals surface area (Å²) in [6.07, 6.45) is 0. The van der Waals surface area contributed by atoms with Crippen molar-refractivity contribution in [2.24, 2.45) is 0 Å². The maximum Gasteiger partial charge on any atom is 0.248 e. The molecule has 1 unspecified atom stereocenters. The Labute approximate surface area is 170 Å². The molecule has 1 fully saturated rings. The first kappa shape index (κ1) is 19.6. The highest BCUT2D eigenvalue weighted by Crippen LogP contribution is 2.29. The van der Waals surface area contributed by atoms with Gasteiger partial charge < -0.3 is 14.0 Å². The second-order valence-corrected chi connectivity index (χ2v) is 7.51. The molecule has 4 rings (SSSR count). The van der Waals surface area contributed by atoms with E-state index in [0.29, 0.717) is 24.9 Å². The van der Waals surface area contributed by atoms with Crippen molar-refractivity contribution < 1.29 is 14.0 Å². The number of hydrogen-bond donors (Lipinski definition) is 0. The van der Waals surface area contributed by atoms with Crippen LogP contribution in [0.5, 0.6) is 5.75 Å². The van der Waals surface area contributed by atoms with Gasteiger partial charge in [0.1, 0.15) is 12.3 Å². The summed E-state index contributed by atoms with van der Waals surface area (Å²) in [6, 6.07) is 6.09. The molecule has 2 aromatic heterocycles. The van der Waals surface area contributed by atoms with E-state index in [-0.39, 0.29) is 6.04 Å². The van der Waals surface area contributed by atoms with Crippen molar-refractivity contribution in [1.82, 2.24) is 24.8 Å². The van der Waals surface area contributed by atoms with Crippen molar-refractivity contribution in [3.8, 4) is 17.1 Å². The van der Waals surface area contributed by atoms with Crippen LogP contribution in [0, 0.1) is 20.8 Å². The number of likely N-dealkylation sites (N-methyl/N-ethyl adjacent to an activating group) is 1. The number of hydrogen-bond acceptors (Lipinski definition) is 7. The van der Waals surface area contributed by atoms with Crippen LogP contribution in [0.3, 0.4) is 0 Å². The van der Waals surface area contributed by atoms with Gasteiger partial charge >= 0.3 is 0 Å². The molecule has 0 spiro atoms. The van der Waals surface area contributed by atoms with Crippen LogP contribution in [0.15, 0.2) is 22.7 Å². The molecule has 1 atom stereocenters. The predicted octanol–water partition coefficient (Wildman–Crippen LogP) is 2.92. The zero-order chi connectivity index (χ0) is 20.5. The topological polar surface area (TPSA) is 78.4 Å². The molecule has 29 heavy (non-hydrogen) atoms. The third-order valence-corrected chi connectivity index (χ3v) is 5.59. The summed E-state index contributed by atoms with van der Waals surface area (Å²) >= 11 is 0. The molecule has 3 aromatic rings. The van der Waals surface area contributed by atoms with Crippen LogP contribution in [0.4, 0.5) is 0 Å². The van der Waals surface area contributed by atoms with Crippen LogP contribution in [-0.2, 0) is 11.3 Å². The van der Waals surface area contributed by atoms with Crippen molar-refractivity contribution in [2.45, 2.75) is 33.4 Å². The van der Waals surface area contributed by atoms with Crippen LogP contribution in [-0.4, -0.2) is 58.7 Å². The molecule has 0 bridgehead atoms. The predicted molar refractivity (Wildman–Crippen MR) is 108 cm³/mol. The minimum Gasteiger partial charge on any atom is -0.496 e. The number of ether oxygens (including phenoxy) is 2. The smallest absolute Gasteiger partial charge is 0.248 e. The van der Waals surface area contributed by atoms with Gasteiger partial charge in [0, 0.05) is 23.4 Å². The fraction of sp³-hybridized carbons (Fsp3) is 0.476. The van der Waals surface area contributed by atoms with E-state index in [0.717, 1.165) is 41.4 Å². The van der Waals surface area contributed by atoms with E-state index in [9.17, 15) is 0 Å². The molecule has 8 heteroatoms. The zero-order valence-electron chi connectivity index (χ0n) is 17.6. The van der Waals surface area contributed by atoms with Gasteiger partial charge in [-0.3, -0.25) is 9.58 Å². The monoisotopic (exact) mass is 397 g/mol. The fourth-order valence-corrected chi connectivity index (χ4v) is 3.86. The first-order valence-corrected chi connectivity index (χ1v) is 9.77. The van der Waals surface area contributed by atoms with Gasteiger partial charge in [0.15, 0.2) is 0 Å². The second kappa shape index (κ2) is 7.96. The Morgan fingerprint density at radius 3 is 2.83 bits per heavy atom. The first-order valence-electron chi connectivity index (χ1n) is 9.77. The van der Waals surface area contributed by atoms with E-state index < -0.39 is 0 Å². The van der Waals surface area contributed by atoms with Crippen molar-refractivity contribution in [3.63, 3.8) is 0 Å². The molecular weight excluding hydrogens is 370 g/mol. The summed E-state index contributed by atoms with van der Waals surface area (Å²) in [5.74, 6) is 1.86. The Kier molecular flexibility index (Phi) is 5.38. The van der Waals surface area contributed by atoms with Crippen molar-refractivity contribution in [1.29, 1.82) is 0 Å². The highest BCUT2D eigenvalue weighted by Gasteiger charge is 2.27. The number of aromatic nitrogens is 4. The SMILES string of the molecule is COc1cc(-c2noc(Cn3nc(C)c(C4COCCN4C)c3C)n2)ccc1C. The number of aryl methyl sites for hydroxylation is 2. The highest BCUT2D eigenvalue weighted by atomic mass is 16.5. The third kappa shape index (κ3) is 3.77. The van der Waals surface area contributed by atoms with Crippen molar-refractivity contribution >= 4 is 0 Å². The molecule has 0 radical (unpaired) electrons. The fourth-order valence-electron chi connectivity index (χ4n) is 3.86. The van der Waals surface area contributed by atoms with Gasteiger partial charge in [-0.1, -0.05) is 17.3 Å². The summed E-state index contributed by atoms with van der Waals surface area (Å²) in [5.41, 5.74) is 5.24. The molecule has 0 aliphatic carbocycles. The Morgan fingerprint density at radius 2 is 2.07 bits per heavy atom. The van der Waals surface area contributed by atoms with Gasteiger partial charge in [0.25, 0.3) is 0 Å². The Hall–Kier alpha value is -2.71. The quantitative estimate of drug-likeness (QED) is 0.655. The van der Waals surface area contributed by atoms with Crippen LogP contribution < -0.4 is 4.74 Å². The van der Waals surface area contributed by atoms with Gasteiger partial charge in [0.2, 0.25) is 11.7 Å². The largest absolute Gasteiger partial charge is 0.496 e. The van der Waals surface area contributed by atoms with Crippen molar-refractivity contribution in [3.05, 3.63) is 46.6 Å². The highest BCUT2D eigenvalue weighted by molar-refractivity contribution is 5.58. The summed E-state index contributed by atoms with van der Waals surface area (Å²) in [6.45, 7) is 8.93. The van der Waals surface area contributed by atoms with E-state index in [1.165, 1.54) is 5.56 Å². The molecule has 3 heterocycles. The Balaban J connectivity index is 1.57. The van der Waals surface area contributed by atoms with Crippen molar-refractivity contribution in [2.75, 3.05) is 33.9 Å². The van der Waals surface area contributed by atoms with E-state index in [2.05, 4.69) is 29.0 Å². The number of methoxy groups -OCH3 is 1. The normalized spacial score (nSPS) is 17.6.